The van der Waals surface area contributed by atoms with Gasteiger partial charge in [0, 0.05) is 6.61 Å². The van der Waals surface area contributed by atoms with Crippen LogP contribution in [0.4, 0.5) is 8.78 Å². The van der Waals surface area contributed by atoms with Crippen LogP contribution in [0.15, 0.2) is 18.2 Å². The molecule has 1 heterocycles. The van der Waals surface area contributed by atoms with Crippen molar-refractivity contribution in [2.24, 2.45) is 5.92 Å². The first-order valence-corrected chi connectivity index (χ1v) is 4.89. The Morgan fingerprint density at radius 2 is 2.12 bits per heavy atom. The maximum Gasteiger partial charge on any atom is 0.309 e. The maximum atomic E-state index is 13.0. The van der Waals surface area contributed by atoms with Crippen LogP contribution < -0.4 is 0 Å². The molecule has 0 unspecified atom stereocenters. The van der Waals surface area contributed by atoms with Crippen molar-refractivity contribution in [3.63, 3.8) is 0 Å². The second kappa shape index (κ2) is 4.17. The topological polar surface area (TPSA) is 46.5 Å². The molecule has 1 saturated heterocycles. The summed E-state index contributed by atoms with van der Waals surface area (Å²) in [6.45, 7) is 0.320. The average molecular weight is 228 g/mol. The van der Waals surface area contributed by atoms with Crippen LogP contribution in [-0.4, -0.2) is 17.7 Å². The molecule has 1 N–H and O–H groups in total. The van der Waals surface area contributed by atoms with Crippen LogP contribution in [0.1, 0.15) is 18.1 Å². The lowest BCUT2D eigenvalue weighted by atomic mass is 9.95. The van der Waals surface area contributed by atoms with E-state index in [2.05, 4.69) is 0 Å². The molecule has 1 aromatic carbocycles. The van der Waals surface area contributed by atoms with Crippen LogP contribution in [0, 0.1) is 17.6 Å². The summed E-state index contributed by atoms with van der Waals surface area (Å²) in [4.78, 5) is 10.9. The Balaban J connectivity index is 2.29. The molecule has 16 heavy (non-hydrogen) atoms. The molecule has 3 nitrogen and oxygen atoms in total. The smallest absolute Gasteiger partial charge is 0.309 e. The van der Waals surface area contributed by atoms with E-state index >= 15 is 0 Å². The highest BCUT2D eigenvalue weighted by Crippen LogP contribution is 2.35. The maximum absolute atomic E-state index is 13.0. The lowest BCUT2D eigenvalue weighted by Gasteiger charge is -2.15. The molecular formula is C11H10F2O3. The van der Waals surface area contributed by atoms with Gasteiger partial charge in [0.05, 0.1) is 12.0 Å². The van der Waals surface area contributed by atoms with Crippen molar-refractivity contribution in [2.75, 3.05) is 6.61 Å². The fourth-order valence-corrected chi connectivity index (χ4v) is 1.86. The zero-order valence-corrected chi connectivity index (χ0v) is 8.32. The molecule has 0 spiro atoms. The normalized spacial score (nSPS) is 24.6. The van der Waals surface area contributed by atoms with Crippen LogP contribution in [0.5, 0.6) is 0 Å². The molecule has 0 radical (unpaired) electrons. The van der Waals surface area contributed by atoms with Crippen LogP contribution in [0.2, 0.25) is 0 Å². The van der Waals surface area contributed by atoms with Crippen LogP contribution in [0.3, 0.4) is 0 Å². The molecular weight excluding hydrogens is 218 g/mol. The Labute approximate surface area is 90.7 Å². The van der Waals surface area contributed by atoms with E-state index in [1.54, 1.807) is 0 Å². The number of carbonyl (C=O) groups is 1. The molecule has 0 bridgehead atoms. The predicted octanol–water partition coefficient (Wildman–Crippen LogP) is 2.13. The van der Waals surface area contributed by atoms with Gasteiger partial charge in [0.2, 0.25) is 0 Å². The van der Waals surface area contributed by atoms with Gasteiger partial charge in [-0.05, 0) is 24.1 Å². The Morgan fingerprint density at radius 1 is 1.38 bits per heavy atom. The van der Waals surface area contributed by atoms with E-state index in [4.69, 9.17) is 9.84 Å². The number of ether oxygens (including phenoxy) is 1. The third-order valence-electron chi connectivity index (χ3n) is 2.68. The van der Waals surface area contributed by atoms with E-state index < -0.39 is 29.6 Å². The second-order valence-corrected chi connectivity index (χ2v) is 3.70. The number of rotatable bonds is 2. The van der Waals surface area contributed by atoms with Crippen molar-refractivity contribution in [1.29, 1.82) is 0 Å². The van der Waals surface area contributed by atoms with Crippen molar-refractivity contribution in [3.8, 4) is 0 Å². The first kappa shape index (κ1) is 11.0. The fraction of sp³-hybridized carbons (Fsp3) is 0.364. The minimum absolute atomic E-state index is 0.320. The van der Waals surface area contributed by atoms with Gasteiger partial charge in [-0.15, -0.1) is 0 Å². The van der Waals surface area contributed by atoms with E-state index in [9.17, 15) is 13.6 Å². The fourth-order valence-electron chi connectivity index (χ4n) is 1.86. The Kier molecular flexibility index (Phi) is 2.87. The molecule has 1 aliphatic heterocycles. The van der Waals surface area contributed by atoms with Gasteiger partial charge in [0.25, 0.3) is 0 Å². The Hall–Kier alpha value is -1.49. The van der Waals surface area contributed by atoms with Crippen LogP contribution in [-0.2, 0) is 9.53 Å². The van der Waals surface area contributed by atoms with E-state index in [0.717, 1.165) is 12.1 Å². The number of hydrogen-bond donors (Lipinski definition) is 1. The summed E-state index contributed by atoms with van der Waals surface area (Å²) in [7, 11) is 0. The summed E-state index contributed by atoms with van der Waals surface area (Å²) in [6, 6.07) is 3.32. The van der Waals surface area contributed by atoms with Crippen LogP contribution >= 0.6 is 0 Å². The molecule has 0 saturated carbocycles. The summed E-state index contributed by atoms with van der Waals surface area (Å²) in [5, 5.41) is 8.92. The predicted molar refractivity (Wildman–Crippen MR) is 50.8 cm³/mol. The SMILES string of the molecule is O=C(O)[C@@H]1CCO[C@@H]1c1ccc(F)c(F)c1. The zero-order valence-electron chi connectivity index (χ0n) is 8.32. The first-order valence-electron chi connectivity index (χ1n) is 4.89. The van der Waals surface area contributed by atoms with Crippen molar-refractivity contribution >= 4 is 5.97 Å². The Morgan fingerprint density at radius 3 is 2.75 bits per heavy atom. The summed E-state index contributed by atoms with van der Waals surface area (Å²) >= 11 is 0. The van der Waals surface area contributed by atoms with Gasteiger partial charge in [-0.25, -0.2) is 8.78 Å². The zero-order chi connectivity index (χ0) is 11.7. The van der Waals surface area contributed by atoms with Gasteiger partial charge >= 0.3 is 5.97 Å². The van der Waals surface area contributed by atoms with Crippen molar-refractivity contribution < 1.29 is 23.4 Å². The van der Waals surface area contributed by atoms with Gasteiger partial charge in [0.15, 0.2) is 11.6 Å². The molecule has 0 amide bonds. The number of hydrogen-bond acceptors (Lipinski definition) is 2. The molecule has 1 aromatic rings. The standard InChI is InChI=1S/C11H10F2O3/c12-8-2-1-6(5-9(8)13)10-7(11(14)15)3-4-16-10/h1-2,5,7,10H,3-4H2,(H,14,15)/t7-,10-/m1/s1. The lowest BCUT2D eigenvalue weighted by Crippen LogP contribution is -2.17. The van der Waals surface area contributed by atoms with E-state index in [0.29, 0.717) is 18.6 Å². The summed E-state index contributed by atoms with van der Waals surface area (Å²) in [5.41, 5.74) is 0.365. The van der Waals surface area contributed by atoms with E-state index in [1.165, 1.54) is 6.07 Å². The van der Waals surface area contributed by atoms with Gasteiger partial charge < -0.3 is 9.84 Å². The molecule has 2 atom stereocenters. The minimum Gasteiger partial charge on any atom is -0.481 e. The molecule has 1 aliphatic rings. The molecule has 1 fully saturated rings. The average Bonchev–Trinajstić information content (AvgIpc) is 2.71. The number of carboxylic acids is 1. The second-order valence-electron chi connectivity index (χ2n) is 3.70. The summed E-state index contributed by atoms with van der Waals surface area (Å²) < 4.78 is 30.9. The number of carboxylic acid groups (broad SMARTS) is 1. The van der Waals surface area contributed by atoms with Gasteiger partial charge in [-0.2, -0.15) is 0 Å². The monoisotopic (exact) mass is 228 g/mol. The van der Waals surface area contributed by atoms with Crippen molar-refractivity contribution in [1.82, 2.24) is 0 Å². The highest BCUT2D eigenvalue weighted by atomic mass is 19.2. The number of halogens is 2. The van der Waals surface area contributed by atoms with E-state index in [-0.39, 0.29) is 0 Å². The Bertz CT molecular complexity index is 420. The molecule has 0 aliphatic carbocycles. The number of benzene rings is 1. The summed E-state index contributed by atoms with van der Waals surface area (Å²) in [5.74, 6) is -3.61. The van der Waals surface area contributed by atoms with Crippen molar-refractivity contribution in [3.05, 3.63) is 35.4 Å². The van der Waals surface area contributed by atoms with Crippen LogP contribution in [0.25, 0.3) is 0 Å². The molecule has 0 aromatic heterocycles. The molecule has 86 valence electrons. The van der Waals surface area contributed by atoms with Crippen molar-refractivity contribution in [2.45, 2.75) is 12.5 Å². The lowest BCUT2D eigenvalue weighted by molar-refractivity contribution is -0.143. The summed E-state index contributed by atoms with van der Waals surface area (Å²) in [6.07, 6.45) is -0.300. The third-order valence-corrected chi connectivity index (χ3v) is 2.68. The first-order chi connectivity index (χ1) is 7.59. The van der Waals surface area contributed by atoms with Gasteiger partial charge in [-0.1, -0.05) is 6.07 Å². The quantitative estimate of drug-likeness (QED) is 0.843. The van der Waals surface area contributed by atoms with Gasteiger partial charge in [0.1, 0.15) is 0 Å². The largest absolute Gasteiger partial charge is 0.481 e. The molecule has 2 rings (SSSR count). The third kappa shape index (κ3) is 1.90. The minimum atomic E-state index is -0.989. The van der Waals surface area contributed by atoms with Gasteiger partial charge in [-0.3, -0.25) is 4.79 Å². The highest BCUT2D eigenvalue weighted by molar-refractivity contribution is 5.71. The number of aliphatic carboxylic acids is 1. The molecule has 5 heteroatoms. The van der Waals surface area contributed by atoms with E-state index in [1.807, 2.05) is 0 Å². The highest BCUT2D eigenvalue weighted by Gasteiger charge is 2.35.